The summed E-state index contributed by atoms with van der Waals surface area (Å²) >= 11 is 0. The third-order valence-corrected chi connectivity index (χ3v) is 5.11. The minimum absolute atomic E-state index is 0.0203. The number of nitrogens with one attached hydrogen (secondary N) is 2. The smallest absolute Gasteiger partial charge is 0.211 e. The lowest BCUT2D eigenvalue weighted by Gasteiger charge is -2.27. The van der Waals surface area contributed by atoms with Gasteiger partial charge in [0.05, 0.1) is 12.3 Å². The number of benzene rings is 1. The molecule has 2 aromatic rings. The molecule has 9 nitrogen and oxygen atoms in total. The number of fused-ring (bicyclic) bond motifs is 1. The standard InChI is InChI=1S/C22H26N8O/c1-2-3-4-7-10-31-12-14-8-5-6-9-15(14)19-17-18(25)16(11-23)20(26)29-21(17)30-22(28-19)27-13-24/h5-6,8-9,19H,2-4,7,10,12H2,1H3,(H6,25,26,27,28,29,30). The Balaban J connectivity index is 1.97. The van der Waals surface area contributed by atoms with Gasteiger partial charge < -0.3 is 21.5 Å². The first kappa shape index (κ1) is 21.9. The van der Waals surface area contributed by atoms with Gasteiger partial charge >= 0.3 is 0 Å². The van der Waals surface area contributed by atoms with Crippen molar-refractivity contribution in [3.8, 4) is 12.3 Å². The average molecular weight is 419 g/mol. The maximum Gasteiger partial charge on any atom is 0.211 e. The minimum atomic E-state index is -0.577. The third-order valence-electron chi connectivity index (χ3n) is 5.11. The fourth-order valence-electron chi connectivity index (χ4n) is 3.55. The number of anilines is 3. The normalized spacial score (nSPS) is 14.5. The van der Waals surface area contributed by atoms with Gasteiger partial charge in [-0.2, -0.15) is 10.5 Å². The number of aromatic nitrogens is 1. The lowest BCUT2D eigenvalue weighted by Crippen LogP contribution is -2.33. The van der Waals surface area contributed by atoms with Gasteiger partial charge in [0.25, 0.3) is 0 Å². The van der Waals surface area contributed by atoms with Crippen molar-refractivity contribution in [2.24, 2.45) is 4.99 Å². The van der Waals surface area contributed by atoms with Crippen LogP contribution in [0.1, 0.15) is 60.9 Å². The van der Waals surface area contributed by atoms with Gasteiger partial charge in [-0.3, -0.25) is 5.32 Å². The van der Waals surface area contributed by atoms with E-state index >= 15 is 0 Å². The van der Waals surface area contributed by atoms with Crippen LogP contribution in [0.3, 0.4) is 0 Å². The topological polar surface area (TPSA) is 158 Å². The molecule has 1 aliphatic heterocycles. The minimum Gasteiger partial charge on any atom is -0.397 e. The number of nitriles is 2. The van der Waals surface area contributed by atoms with Crippen LogP contribution in [0.15, 0.2) is 29.3 Å². The molecular weight excluding hydrogens is 392 g/mol. The van der Waals surface area contributed by atoms with Crippen molar-refractivity contribution in [3.05, 3.63) is 46.5 Å². The summed E-state index contributed by atoms with van der Waals surface area (Å²) in [7, 11) is 0. The molecule has 0 saturated heterocycles. The number of nitrogen functional groups attached to an aromatic ring is 2. The van der Waals surface area contributed by atoms with Crippen LogP contribution in [0.4, 0.5) is 17.3 Å². The molecule has 3 rings (SSSR count). The molecule has 0 fully saturated rings. The third kappa shape index (κ3) is 4.85. The second-order valence-electron chi connectivity index (χ2n) is 7.21. The van der Waals surface area contributed by atoms with Gasteiger partial charge in [-0.1, -0.05) is 50.5 Å². The van der Waals surface area contributed by atoms with Crippen LogP contribution < -0.4 is 22.1 Å². The van der Waals surface area contributed by atoms with Crippen molar-refractivity contribution in [2.75, 3.05) is 23.4 Å². The molecule has 1 atom stereocenters. The van der Waals surface area contributed by atoms with E-state index in [1.807, 2.05) is 36.5 Å². The van der Waals surface area contributed by atoms with E-state index in [0.717, 1.165) is 24.0 Å². The highest BCUT2D eigenvalue weighted by molar-refractivity contribution is 5.98. The number of unbranched alkanes of at least 4 members (excludes halogenated alkanes) is 3. The summed E-state index contributed by atoms with van der Waals surface area (Å²) < 4.78 is 5.90. The van der Waals surface area contributed by atoms with Crippen molar-refractivity contribution < 1.29 is 4.74 Å². The molecule has 1 aromatic carbocycles. The van der Waals surface area contributed by atoms with Crippen molar-refractivity contribution in [2.45, 2.75) is 45.3 Å². The molecule has 31 heavy (non-hydrogen) atoms. The molecule has 1 aromatic heterocycles. The SMILES string of the molecule is CCCCCCOCc1ccccc1C1N=C(NC#N)Nc2nc(N)c(C#N)c(N)c21. The van der Waals surface area contributed by atoms with E-state index in [2.05, 4.69) is 27.5 Å². The maximum atomic E-state index is 9.47. The molecule has 0 spiro atoms. The summed E-state index contributed by atoms with van der Waals surface area (Å²) in [6, 6.07) is 9.19. The highest BCUT2D eigenvalue weighted by Crippen LogP contribution is 2.41. The Morgan fingerprint density at radius 1 is 1.19 bits per heavy atom. The zero-order valence-electron chi connectivity index (χ0n) is 17.5. The predicted octanol–water partition coefficient (Wildman–Crippen LogP) is 3.16. The van der Waals surface area contributed by atoms with E-state index in [-0.39, 0.29) is 23.0 Å². The van der Waals surface area contributed by atoms with Gasteiger partial charge in [0.2, 0.25) is 5.96 Å². The van der Waals surface area contributed by atoms with Crippen molar-refractivity contribution >= 4 is 23.3 Å². The number of aliphatic imine (C=N–C) groups is 1. The first-order chi connectivity index (χ1) is 15.1. The number of ether oxygens (including phenoxy) is 1. The van der Waals surface area contributed by atoms with E-state index in [1.165, 1.54) is 12.8 Å². The van der Waals surface area contributed by atoms with Gasteiger partial charge in [0.15, 0.2) is 6.19 Å². The summed E-state index contributed by atoms with van der Waals surface area (Å²) in [6.07, 6.45) is 6.40. The lowest BCUT2D eigenvalue weighted by atomic mass is 9.92. The maximum absolute atomic E-state index is 9.47. The zero-order valence-corrected chi connectivity index (χ0v) is 17.5. The first-order valence-corrected chi connectivity index (χ1v) is 10.2. The van der Waals surface area contributed by atoms with Crippen LogP contribution in [0.25, 0.3) is 0 Å². The highest BCUT2D eigenvalue weighted by atomic mass is 16.5. The molecule has 0 amide bonds. The summed E-state index contributed by atoms with van der Waals surface area (Å²) in [5.74, 6) is 0.611. The fraction of sp³-hybridized carbons (Fsp3) is 0.364. The largest absolute Gasteiger partial charge is 0.397 e. The molecule has 0 aliphatic carbocycles. The summed E-state index contributed by atoms with van der Waals surface area (Å²) in [4.78, 5) is 8.91. The molecule has 0 saturated carbocycles. The number of hydrogen-bond donors (Lipinski definition) is 4. The van der Waals surface area contributed by atoms with Gasteiger partial charge in [0.1, 0.15) is 29.3 Å². The molecule has 0 bridgehead atoms. The van der Waals surface area contributed by atoms with E-state index in [9.17, 15) is 5.26 Å². The monoisotopic (exact) mass is 418 g/mol. The Morgan fingerprint density at radius 3 is 2.74 bits per heavy atom. The molecule has 6 N–H and O–H groups in total. The van der Waals surface area contributed by atoms with Crippen LogP contribution in [0.5, 0.6) is 0 Å². The number of guanidine groups is 1. The quantitative estimate of drug-likeness (QED) is 0.289. The summed E-state index contributed by atoms with van der Waals surface area (Å²) in [6.45, 7) is 3.28. The first-order valence-electron chi connectivity index (χ1n) is 10.2. The zero-order chi connectivity index (χ0) is 22.2. The molecular formula is C22H26N8O. The van der Waals surface area contributed by atoms with E-state index in [4.69, 9.17) is 21.5 Å². The Morgan fingerprint density at radius 2 is 2.00 bits per heavy atom. The van der Waals surface area contributed by atoms with Crippen molar-refractivity contribution in [1.82, 2.24) is 10.3 Å². The molecule has 0 radical (unpaired) electrons. The molecule has 160 valence electrons. The Hall–Kier alpha value is -3.82. The summed E-state index contributed by atoms with van der Waals surface area (Å²) in [5.41, 5.74) is 14.9. The van der Waals surface area contributed by atoms with Crippen molar-refractivity contribution in [3.63, 3.8) is 0 Å². The highest BCUT2D eigenvalue weighted by Gasteiger charge is 2.30. The Kier molecular flexibility index (Phi) is 7.26. The van der Waals surface area contributed by atoms with Crippen LogP contribution in [0, 0.1) is 22.8 Å². The molecule has 2 heterocycles. The molecule has 1 unspecified atom stereocenters. The number of hydrogen-bond acceptors (Lipinski definition) is 9. The second-order valence-corrected chi connectivity index (χ2v) is 7.21. The molecule has 9 heteroatoms. The molecule has 1 aliphatic rings. The van der Waals surface area contributed by atoms with Crippen LogP contribution in [-0.2, 0) is 11.3 Å². The van der Waals surface area contributed by atoms with E-state index in [1.54, 1.807) is 0 Å². The van der Waals surface area contributed by atoms with E-state index < -0.39 is 6.04 Å². The van der Waals surface area contributed by atoms with Crippen LogP contribution in [0.2, 0.25) is 0 Å². The average Bonchev–Trinajstić information content (AvgIpc) is 2.76. The number of nitrogens with two attached hydrogens (primary N) is 2. The van der Waals surface area contributed by atoms with Gasteiger partial charge in [-0.05, 0) is 17.5 Å². The van der Waals surface area contributed by atoms with Gasteiger partial charge in [-0.25, -0.2) is 9.98 Å². The van der Waals surface area contributed by atoms with E-state index in [0.29, 0.717) is 24.6 Å². The van der Waals surface area contributed by atoms with Crippen LogP contribution >= 0.6 is 0 Å². The van der Waals surface area contributed by atoms with Crippen LogP contribution in [-0.4, -0.2) is 17.6 Å². The predicted molar refractivity (Wildman–Crippen MR) is 120 cm³/mol. The summed E-state index contributed by atoms with van der Waals surface area (Å²) in [5, 5.41) is 24.0. The van der Waals surface area contributed by atoms with Crippen molar-refractivity contribution in [1.29, 1.82) is 10.5 Å². The number of rotatable bonds is 8. The Bertz CT molecular complexity index is 1050. The lowest BCUT2D eigenvalue weighted by molar-refractivity contribution is 0.116. The number of pyridine rings is 1. The Labute approximate surface area is 181 Å². The number of nitrogens with zero attached hydrogens (tertiary/aromatic N) is 4. The van der Waals surface area contributed by atoms with Gasteiger partial charge in [0, 0.05) is 12.2 Å². The second kappa shape index (κ2) is 10.3. The van der Waals surface area contributed by atoms with Gasteiger partial charge in [-0.15, -0.1) is 0 Å². The fourth-order valence-corrected chi connectivity index (χ4v) is 3.55.